The van der Waals surface area contributed by atoms with Crippen LogP contribution in [0.5, 0.6) is 0 Å². The van der Waals surface area contributed by atoms with Gasteiger partial charge in [-0.05, 0) is 16.3 Å². The van der Waals surface area contributed by atoms with E-state index in [9.17, 15) is 0 Å². The molecule has 0 heterocycles. The minimum atomic E-state index is 0. The van der Waals surface area contributed by atoms with Crippen molar-refractivity contribution in [1.82, 2.24) is 0 Å². The summed E-state index contributed by atoms with van der Waals surface area (Å²) in [5.74, 6) is 0. The van der Waals surface area contributed by atoms with Crippen molar-refractivity contribution in [3.05, 3.63) is 48.0 Å². The van der Waals surface area contributed by atoms with E-state index < -0.39 is 0 Å². The summed E-state index contributed by atoms with van der Waals surface area (Å²) in [6.45, 7) is 3.18. The first-order valence-electron chi connectivity index (χ1n) is 6.71. The molecule has 1 atom stereocenters. The molecular formula is C15H24Cl3N3. The summed E-state index contributed by atoms with van der Waals surface area (Å²) in [6, 6.07) is 15.7. The van der Waals surface area contributed by atoms with Crippen molar-refractivity contribution >= 4 is 10.8 Å². The third kappa shape index (κ3) is 7.32. The van der Waals surface area contributed by atoms with Crippen LogP contribution in [0.4, 0.5) is 0 Å². The van der Waals surface area contributed by atoms with E-state index in [0.29, 0.717) is 6.04 Å². The highest BCUT2D eigenvalue weighted by Gasteiger charge is 2.09. The third-order valence-corrected chi connectivity index (χ3v) is 3.25. The molecular weight excluding hydrogens is 329 g/mol. The molecule has 2 aromatic carbocycles. The van der Waals surface area contributed by atoms with Crippen LogP contribution in [0.15, 0.2) is 42.5 Å². The van der Waals surface area contributed by atoms with Crippen LogP contribution in [0.1, 0.15) is 5.56 Å². The van der Waals surface area contributed by atoms with Gasteiger partial charge in [0.1, 0.15) is 25.7 Å². The molecule has 0 radical (unpaired) electrons. The van der Waals surface area contributed by atoms with Crippen molar-refractivity contribution in [3.63, 3.8) is 0 Å². The zero-order chi connectivity index (χ0) is 12.8. The molecule has 0 fully saturated rings. The van der Waals surface area contributed by atoms with Gasteiger partial charge in [-0.25, -0.2) is 0 Å². The Morgan fingerprint density at radius 2 is 1.62 bits per heavy atom. The highest BCUT2D eigenvalue weighted by molar-refractivity contribution is 5.82. The number of benzene rings is 2. The van der Waals surface area contributed by atoms with Gasteiger partial charge in [-0.15, -0.1) is 0 Å². The van der Waals surface area contributed by atoms with E-state index in [4.69, 9.17) is 0 Å². The molecule has 0 saturated carbocycles. The largest absolute Gasteiger partial charge is 1.00 e. The minimum absolute atomic E-state index is 0. The summed E-state index contributed by atoms with van der Waals surface area (Å²) in [6.07, 6.45) is 1.05. The number of nitrogens with two attached hydrogens (primary N) is 1. The van der Waals surface area contributed by atoms with E-state index in [-0.39, 0.29) is 37.2 Å². The smallest absolute Gasteiger partial charge is 0.138 e. The molecule has 0 spiro atoms. The maximum absolute atomic E-state index is 4.23. The Bertz CT molecular complexity index is 508. The lowest BCUT2D eigenvalue weighted by atomic mass is 10.0. The molecule has 0 aliphatic heterocycles. The lowest BCUT2D eigenvalue weighted by Crippen LogP contribution is -3.00. The Kier molecular flexibility index (Phi) is 13.0. The van der Waals surface area contributed by atoms with E-state index in [0.717, 1.165) is 26.1 Å². The normalized spacial score (nSPS) is 11.0. The Labute approximate surface area is 145 Å². The monoisotopic (exact) mass is 351 g/mol. The first kappa shape index (κ1) is 22.7. The summed E-state index contributed by atoms with van der Waals surface area (Å²) < 4.78 is 0. The van der Waals surface area contributed by atoms with Gasteiger partial charge in [-0.3, -0.25) is 0 Å². The van der Waals surface area contributed by atoms with Gasteiger partial charge in [0.05, 0.1) is 0 Å². The molecule has 0 saturated heterocycles. The van der Waals surface area contributed by atoms with Crippen LogP contribution in [0.25, 0.3) is 10.8 Å². The SMILES string of the molecule is [Cl-].[Cl-].[Cl-].[NH3+]CC[NH2+]CC([NH3+])Cc1ccc2ccccc2c1. The van der Waals surface area contributed by atoms with Crippen molar-refractivity contribution in [2.24, 2.45) is 0 Å². The second-order valence-corrected chi connectivity index (χ2v) is 4.92. The van der Waals surface area contributed by atoms with E-state index in [1.165, 1.54) is 16.3 Å². The van der Waals surface area contributed by atoms with E-state index in [1.807, 2.05) is 0 Å². The molecule has 2 aromatic rings. The van der Waals surface area contributed by atoms with Crippen LogP contribution in [0.3, 0.4) is 0 Å². The fraction of sp³-hybridized carbons (Fsp3) is 0.333. The lowest BCUT2D eigenvalue weighted by molar-refractivity contribution is -0.692. The summed E-state index contributed by atoms with van der Waals surface area (Å²) in [5, 5.41) is 4.94. The standard InChI is InChI=1S/C15H21N3.3ClH/c16-7-8-18-11-15(17)10-12-5-6-13-3-1-2-4-14(13)9-12;;;/h1-6,9,15,18H,7-8,10-11,16-17H2;3*1H. The maximum Gasteiger partial charge on any atom is 0.138 e. The Balaban J connectivity index is 0. The van der Waals surface area contributed by atoms with Crippen molar-refractivity contribution in [2.45, 2.75) is 12.5 Å². The van der Waals surface area contributed by atoms with Crippen molar-refractivity contribution in [3.8, 4) is 0 Å². The van der Waals surface area contributed by atoms with Crippen molar-refractivity contribution in [1.29, 1.82) is 0 Å². The van der Waals surface area contributed by atoms with Crippen LogP contribution < -0.4 is 54.0 Å². The summed E-state index contributed by atoms with van der Waals surface area (Å²) in [7, 11) is 0. The van der Waals surface area contributed by atoms with Gasteiger partial charge in [-0.1, -0.05) is 42.5 Å². The molecule has 120 valence electrons. The van der Waals surface area contributed by atoms with Gasteiger partial charge < -0.3 is 54.0 Å². The number of hydrogen-bond donors (Lipinski definition) is 3. The highest BCUT2D eigenvalue weighted by Crippen LogP contribution is 2.16. The molecule has 0 bridgehead atoms. The molecule has 2 rings (SSSR count). The molecule has 0 aliphatic rings. The zero-order valence-corrected chi connectivity index (χ0v) is 14.3. The number of quaternary nitrogens is 3. The van der Waals surface area contributed by atoms with Crippen molar-refractivity contribution in [2.75, 3.05) is 19.6 Å². The molecule has 21 heavy (non-hydrogen) atoms. The number of rotatable bonds is 6. The topological polar surface area (TPSA) is 71.9 Å². The highest BCUT2D eigenvalue weighted by atomic mass is 35.5. The molecule has 0 aromatic heterocycles. The minimum Gasteiger partial charge on any atom is -1.00 e. The molecule has 3 nitrogen and oxygen atoms in total. The Morgan fingerprint density at radius 3 is 2.29 bits per heavy atom. The third-order valence-electron chi connectivity index (χ3n) is 3.25. The fourth-order valence-electron chi connectivity index (χ4n) is 2.28. The zero-order valence-electron chi connectivity index (χ0n) is 12.1. The predicted molar refractivity (Wildman–Crippen MR) is 73.7 cm³/mol. The van der Waals surface area contributed by atoms with Crippen LogP contribution in [0.2, 0.25) is 0 Å². The fourth-order valence-corrected chi connectivity index (χ4v) is 2.28. The molecule has 1 unspecified atom stereocenters. The average Bonchev–Trinajstić information content (AvgIpc) is 2.39. The first-order valence-corrected chi connectivity index (χ1v) is 6.71. The quantitative estimate of drug-likeness (QED) is 0.432. The van der Waals surface area contributed by atoms with Gasteiger partial charge in [0.15, 0.2) is 0 Å². The lowest BCUT2D eigenvalue weighted by Gasteiger charge is -2.08. The van der Waals surface area contributed by atoms with Crippen LogP contribution in [-0.4, -0.2) is 25.7 Å². The number of fused-ring (bicyclic) bond motifs is 1. The Hall–Kier alpha value is -0.550. The van der Waals surface area contributed by atoms with Gasteiger partial charge in [-0.2, -0.15) is 0 Å². The first-order chi connectivity index (χ1) is 8.79. The van der Waals surface area contributed by atoms with Crippen molar-refractivity contribution < 1.29 is 54.0 Å². The van der Waals surface area contributed by atoms with E-state index in [1.54, 1.807) is 0 Å². The second kappa shape index (κ2) is 12.0. The van der Waals surface area contributed by atoms with Gasteiger partial charge in [0.2, 0.25) is 0 Å². The molecule has 6 heteroatoms. The molecule has 0 amide bonds. The number of halogens is 3. The predicted octanol–water partition coefficient (Wildman–Crippen LogP) is -10.2. The van der Waals surface area contributed by atoms with Crippen LogP contribution in [0, 0.1) is 0 Å². The van der Waals surface area contributed by atoms with E-state index in [2.05, 4.69) is 59.2 Å². The Morgan fingerprint density at radius 1 is 0.952 bits per heavy atom. The summed E-state index contributed by atoms with van der Waals surface area (Å²) in [4.78, 5) is 0. The van der Waals surface area contributed by atoms with Crippen LogP contribution in [-0.2, 0) is 6.42 Å². The van der Waals surface area contributed by atoms with Crippen LogP contribution >= 0.6 is 0 Å². The average molecular weight is 353 g/mol. The molecule has 8 N–H and O–H groups in total. The molecule has 0 aliphatic carbocycles. The number of hydrogen-bond acceptors (Lipinski definition) is 0. The maximum atomic E-state index is 4.23. The van der Waals surface area contributed by atoms with Gasteiger partial charge in [0, 0.05) is 6.42 Å². The van der Waals surface area contributed by atoms with Gasteiger partial charge in [0.25, 0.3) is 0 Å². The van der Waals surface area contributed by atoms with Gasteiger partial charge >= 0.3 is 0 Å². The summed E-state index contributed by atoms with van der Waals surface area (Å²) >= 11 is 0. The summed E-state index contributed by atoms with van der Waals surface area (Å²) in [5.41, 5.74) is 9.47. The second-order valence-electron chi connectivity index (χ2n) is 4.92. The van der Waals surface area contributed by atoms with E-state index >= 15 is 0 Å².